The largest absolute Gasteiger partial charge is 0.494 e. The highest BCUT2D eigenvalue weighted by Crippen LogP contribution is 2.22. The molecule has 1 heterocycles. The Balaban J connectivity index is 1.47. The van der Waals surface area contributed by atoms with Gasteiger partial charge < -0.3 is 9.72 Å². The molecule has 1 N–H and O–H groups in total. The minimum absolute atomic E-state index is 0.312. The van der Waals surface area contributed by atoms with Crippen LogP contribution in [0.25, 0.3) is 10.9 Å². The van der Waals surface area contributed by atoms with Gasteiger partial charge in [-0.25, -0.2) is 4.84 Å². The van der Waals surface area contributed by atoms with Crippen LogP contribution in [0.5, 0.6) is 5.75 Å². The third-order valence-corrected chi connectivity index (χ3v) is 4.67. The third-order valence-electron chi connectivity index (χ3n) is 4.67. The van der Waals surface area contributed by atoms with Crippen LogP contribution in [0.2, 0.25) is 0 Å². The lowest BCUT2D eigenvalue weighted by molar-refractivity contribution is -0.0277. The fourth-order valence-corrected chi connectivity index (χ4v) is 3.19. The zero-order valence-electron chi connectivity index (χ0n) is 16.7. The summed E-state index contributed by atoms with van der Waals surface area (Å²) in [6, 6.07) is 17.0. The van der Waals surface area contributed by atoms with Crippen molar-refractivity contribution in [1.82, 2.24) is 4.98 Å². The standard InChI is InChI=1S/C23H29FN2O2/c1-3-4-5-8-15-27-22-13-11-21(12-14-22)26(24)28-18(2)16-20-17-19-9-6-7-10-23(19)25-20/h6-7,9-14,17-18,25H,3-5,8,15-16H2,1-2H3. The van der Waals surface area contributed by atoms with Gasteiger partial charge in [-0.05, 0) is 55.1 Å². The van der Waals surface area contributed by atoms with Crippen LogP contribution in [0, 0.1) is 0 Å². The molecule has 0 amide bonds. The van der Waals surface area contributed by atoms with Crippen molar-refractivity contribution in [3.05, 3.63) is 60.3 Å². The molecule has 0 radical (unpaired) electrons. The van der Waals surface area contributed by atoms with Gasteiger partial charge in [-0.2, -0.15) is 0 Å². The number of aromatic nitrogens is 1. The van der Waals surface area contributed by atoms with E-state index in [0.29, 0.717) is 24.0 Å². The zero-order chi connectivity index (χ0) is 19.8. The number of hydrogen-bond donors (Lipinski definition) is 1. The van der Waals surface area contributed by atoms with Crippen LogP contribution in [0.3, 0.4) is 0 Å². The van der Waals surface area contributed by atoms with E-state index in [4.69, 9.17) is 9.57 Å². The Morgan fingerprint density at radius 2 is 1.82 bits per heavy atom. The molecule has 1 atom stereocenters. The minimum atomic E-state index is -0.312. The van der Waals surface area contributed by atoms with Gasteiger partial charge in [0.1, 0.15) is 11.4 Å². The second-order valence-electron chi connectivity index (χ2n) is 7.15. The molecule has 0 aliphatic carbocycles. The Bertz CT molecular complexity index is 814. The highest BCUT2D eigenvalue weighted by atomic mass is 19.2. The maximum Gasteiger partial charge on any atom is 0.119 e. The number of fused-ring (bicyclic) bond motifs is 1. The number of anilines is 1. The van der Waals surface area contributed by atoms with Crippen LogP contribution in [-0.4, -0.2) is 17.7 Å². The number of hydrogen-bond acceptors (Lipinski definition) is 3. The molecule has 0 saturated heterocycles. The SMILES string of the molecule is CCCCCCOc1ccc(N(F)OC(C)Cc2cc3ccccc3[nH]2)cc1. The molecule has 0 bridgehead atoms. The van der Waals surface area contributed by atoms with Crippen molar-refractivity contribution in [3.63, 3.8) is 0 Å². The summed E-state index contributed by atoms with van der Waals surface area (Å²) in [6.07, 6.45) is 4.93. The number of ether oxygens (including phenoxy) is 1. The predicted molar refractivity (Wildman–Crippen MR) is 112 cm³/mol. The summed E-state index contributed by atoms with van der Waals surface area (Å²) >= 11 is 0. The van der Waals surface area contributed by atoms with Crippen LogP contribution >= 0.6 is 0 Å². The van der Waals surface area contributed by atoms with E-state index in [1.807, 2.05) is 25.1 Å². The Kier molecular flexibility index (Phi) is 7.31. The molecule has 4 nitrogen and oxygen atoms in total. The third kappa shape index (κ3) is 5.73. The number of rotatable bonds is 11. The van der Waals surface area contributed by atoms with Crippen molar-refractivity contribution < 1.29 is 14.1 Å². The van der Waals surface area contributed by atoms with Gasteiger partial charge in [0.05, 0.1) is 12.7 Å². The number of nitrogens with one attached hydrogen (secondary N) is 1. The van der Waals surface area contributed by atoms with Crippen molar-refractivity contribution in [2.45, 2.75) is 52.1 Å². The molecule has 0 fully saturated rings. The van der Waals surface area contributed by atoms with E-state index in [9.17, 15) is 4.48 Å². The lowest BCUT2D eigenvalue weighted by atomic mass is 10.2. The van der Waals surface area contributed by atoms with Crippen molar-refractivity contribution in [3.8, 4) is 5.75 Å². The van der Waals surface area contributed by atoms with Crippen LogP contribution in [0.15, 0.2) is 54.6 Å². The van der Waals surface area contributed by atoms with Gasteiger partial charge in [0.25, 0.3) is 0 Å². The average Bonchev–Trinajstić information content (AvgIpc) is 3.10. The van der Waals surface area contributed by atoms with Gasteiger partial charge in [-0.15, -0.1) is 0 Å². The van der Waals surface area contributed by atoms with Crippen LogP contribution in [0.1, 0.15) is 45.2 Å². The average molecular weight is 384 g/mol. The van der Waals surface area contributed by atoms with E-state index in [1.165, 1.54) is 19.3 Å². The van der Waals surface area contributed by atoms with Crippen LogP contribution in [-0.2, 0) is 11.3 Å². The first kappa shape index (κ1) is 20.2. The monoisotopic (exact) mass is 384 g/mol. The lowest BCUT2D eigenvalue weighted by Gasteiger charge is -2.18. The molecule has 150 valence electrons. The summed E-state index contributed by atoms with van der Waals surface area (Å²) in [4.78, 5) is 8.75. The fourth-order valence-electron chi connectivity index (χ4n) is 3.19. The molecule has 3 rings (SSSR count). The van der Waals surface area contributed by atoms with Gasteiger partial charge in [0.2, 0.25) is 0 Å². The molecule has 0 aliphatic heterocycles. The maximum absolute atomic E-state index is 14.4. The number of para-hydroxylation sites is 1. The summed E-state index contributed by atoms with van der Waals surface area (Å²) < 4.78 is 20.1. The number of benzene rings is 2. The van der Waals surface area contributed by atoms with E-state index in [2.05, 4.69) is 24.0 Å². The molecule has 5 heteroatoms. The van der Waals surface area contributed by atoms with Crippen molar-refractivity contribution >= 4 is 16.6 Å². The molecule has 1 unspecified atom stereocenters. The first-order valence-corrected chi connectivity index (χ1v) is 10.1. The first-order valence-electron chi connectivity index (χ1n) is 10.1. The topological polar surface area (TPSA) is 37.5 Å². The highest BCUT2D eigenvalue weighted by molar-refractivity contribution is 5.80. The number of unbranched alkanes of at least 4 members (excludes halogenated alkanes) is 3. The minimum Gasteiger partial charge on any atom is -0.494 e. The molecular weight excluding hydrogens is 355 g/mol. The number of aromatic amines is 1. The summed E-state index contributed by atoms with van der Waals surface area (Å²) in [6.45, 7) is 4.73. The molecular formula is C23H29FN2O2. The Morgan fingerprint density at radius 3 is 2.57 bits per heavy atom. The summed E-state index contributed by atoms with van der Waals surface area (Å²) in [5.41, 5.74) is 2.45. The van der Waals surface area contributed by atoms with Crippen LogP contribution in [0.4, 0.5) is 10.2 Å². The second-order valence-corrected chi connectivity index (χ2v) is 7.15. The second kappa shape index (κ2) is 10.1. The van der Waals surface area contributed by atoms with Gasteiger partial charge in [-0.1, -0.05) is 54.2 Å². The van der Waals surface area contributed by atoms with E-state index in [1.54, 1.807) is 24.3 Å². The van der Waals surface area contributed by atoms with Gasteiger partial charge >= 0.3 is 0 Å². The Morgan fingerprint density at radius 1 is 1.04 bits per heavy atom. The van der Waals surface area contributed by atoms with Crippen molar-refractivity contribution in [2.24, 2.45) is 0 Å². The molecule has 1 aromatic heterocycles. The van der Waals surface area contributed by atoms with E-state index in [0.717, 1.165) is 28.8 Å². The van der Waals surface area contributed by atoms with Gasteiger partial charge in [0.15, 0.2) is 0 Å². The quantitative estimate of drug-likeness (QED) is 0.237. The number of halogens is 1. The van der Waals surface area contributed by atoms with E-state index >= 15 is 0 Å². The molecule has 0 aliphatic rings. The zero-order valence-corrected chi connectivity index (χ0v) is 16.7. The number of nitrogens with zero attached hydrogens (tertiary/aromatic N) is 1. The van der Waals surface area contributed by atoms with E-state index < -0.39 is 0 Å². The molecule has 0 saturated carbocycles. The molecule has 0 spiro atoms. The molecule has 3 aromatic rings. The molecule has 2 aromatic carbocycles. The first-order chi connectivity index (χ1) is 13.7. The molecule has 28 heavy (non-hydrogen) atoms. The highest BCUT2D eigenvalue weighted by Gasteiger charge is 2.13. The normalized spacial score (nSPS) is 12.2. The summed E-state index contributed by atoms with van der Waals surface area (Å²) in [5, 5.41) is 1.48. The fraction of sp³-hybridized carbons (Fsp3) is 0.391. The van der Waals surface area contributed by atoms with Crippen molar-refractivity contribution in [2.75, 3.05) is 11.9 Å². The summed E-state index contributed by atoms with van der Waals surface area (Å²) in [5.74, 6) is 0.750. The number of H-pyrrole nitrogens is 1. The van der Waals surface area contributed by atoms with Gasteiger partial charge in [-0.3, -0.25) is 0 Å². The predicted octanol–water partition coefficient (Wildman–Crippen LogP) is 6.38. The summed E-state index contributed by atoms with van der Waals surface area (Å²) in [7, 11) is 0. The van der Waals surface area contributed by atoms with Gasteiger partial charge in [0, 0.05) is 17.6 Å². The van der Waals surface area contributed by atoms with Crippen LogP contribution < -0.4 is 10.0 Å². The van der Waals surface area contributed by atoms with Crippen molar-refractivity contribution in [1.29, 1.82) is 0 Å². The lowest BCUT2D eigenvalue weighted by Crippen LogP contribution is -2.22. The Hall–Kier alpha value is -2.53. The Labute approximate surface area is 166 Å². The van der Waals surface area contributed by atoms with E-state index in [-0.39, 0.29) is 6.10 Å². The maximum atomic E-state index is 14.4. The smallest absolute Gasteiger partial charge is 0.119 e.